The molecule has 19 heavy (non-hydrogen) atoms. The van der Waals surface area contributed by atoms with Gasteiger partial charge in [0, 0.05) is 19.1 Å². The summed E-state index contributed by atoms with van der Waals surface area (Å²) in [4.78, 5) is 14.9. The third-order valence-electron chi connectivity index (χ3n) is 3.86. The van der Waals surface area contributed by atoms with E-state index in [0.717, 1.165) is 19.0 Å². The summed E-state index contributed by atoms with van der Waals surface area (Å²) in [6.45, 7) is 8.04. The van der Waals surface area contributed by atoms with Crippen LogP contribution < -0.4 is 10.2 Å². The van der Waals surface area contributed by atoms with Gasteiger partial charge in [0.1, 0.15) is 0 Å². The first-order valence-corrected chi connectivity index (χ1v) is 7.44. The van der Waals surface area contributed by atoms with Crippen molar-refractivity contribution in [3.05, 3.63) is 5.28 Å². The fourth-order valence-corrected chi connectivity index (χ4v) is 2.47. The van der Waals surface area contributed by atoms with Gasteiger partial charge in [-0.3, -0.25) is 0 Å². The zero-order valence-electron chi connectivity index (χ0n) is 11.9. The van der Waals surface area contributed by atoms with Gasteiger partial charge in [-0.1, -0.05) is 6.42 Å². The van der Waals surface area contributed by atoms with Gasteiger partial charge < -0.3 is 10.2 Å². The van der Waals surface area contributed by atoms with E-state index < -0.39 is 0 Å². The first kappa shape index (κ1) is 14.3. The average Bonchev–Trinajstić information content (AvgIpc) is 2.27. The van der Waals surface area contributed by atoms with Crippen LogP contribution in [0.3, 0.4) is 0 Å². The highest BCUT2D eigenvalue weighted by molar-refractivity contribution is 6.28. The third kappa shape index (κ3) is 3.47. The monoisotopic (exact) mass is 283 g/mol. The number of nitrogens with one attached hydrogen (secondary N) is 1. The summed E-state index contributed by atoms with van der Waals surface area (Å²) in [6, 6.07) is 0.386. The van der Waals surface area contributed by atoms with E-state index in [1.807, 2.05) is 0 Å². The number of rotatable bonds is 6. The van der Waals surface area contributed by atoms with Gasteiger partial charge in [0.15, 0.2) is 0 Å². The van der Waals surface area contributed by atoms with Crippen LogP contribution in [0.15, 0.2) is 0 Å². The molecule has 1 heterocycles. The maximum Gasteiger partial charge on any atom is 0.231 e. The number of halogens is 1. The summed E-state index contributed by atoms with van der Waals surface area (Å²) >= 11 is 5.99. The Morgan fingerprint density at radius 1 is 1.26 bits per heavy atom. The molecule has 0 spiro atoms. The van der Waals surface area contributed by atoms with Crippen LogP contribution in [0, 0.1) is 5.92 Å². The molecule has 6 heteroatoms. The van der Waals surface area contributed by atoms with Crippen LogP contribution in [-0.2, 0) is 0 Å². The van der Waals surface area contributed by atoms with Gasteiger partial charge in [0.25, 0.3) is 0 Å². The highest BCUT2D eigenvalue weighted by atomic mass is 35.5. The summed E-state index contributed by atoms with van der Waals surface area (Å²) in [5, 5.41) is 3.60. The second-order valence-electron chi connectivity index (χ2n) is 5.02. The second kappa shape index (κ2) is 6.37. The molecule has 1 aromatic heterocycles. The number of hydrogen-bond donors (Lipinski definition) is 1. The van der Waals surface area contributed by atoms with Crippen molar-refractivity contribution in [2.75, 3.05) is 23.3 Å². The molecule has 1 saturated carbocycles. The minimum Gasteiger partial charge on any atom is -0.351 e. The molecule has 1 aromatic rings. The van der Waals surface area contributed by atoms with E-state index in [1.54, 1.807) is 0 Å². The maximum absolute atomic E-state index is 5.99. The summed E-state index contributed by atoms with van der Waals surface area (Å²) in [5.74, 6) is 1.96. The van der Waals surface area contributed by atoms with Gasteiger partial charge in [-0.2, -0.15) is 15.0 Å². The minimum absolute atomic E-state index is 0.250. The van der Waals surface area contributed by atoms with E-state index in [4.69, 9.17) is 11.6 Å². The summed E-state index contributed by atoms with van der Waals surface area (Å²) < 4.78 is 0. The molecular weight excluding hydrogens is 262 g/mol. The van der Waals surface area contributed by atoms with Gasteiger partial charge in [-0.25, -0.2) is 0 Å². The Morgan fingerprint density at radius 3 is 2.47 bits per heavy atom. The van der Waals surface area contributed by atoms with Crippen molar-refractivity contribution in [1.29, 1.82) is 0 Å². The Labute approximate surface area is 119 Å². The molecule has 106 valence electrons. The largest absolute Gasteiger partial charge is 0.351 e. The average molecular weight is 284 g/mol. The second-order valence-corrected chi connectivity index (χ2v) is 5.36. The van der Waals surface area contributed by atoms with E-state index in [9.17, 15) is 0 Å². The molecule has 1 N–H and O–H groups in total. The van der Waals surface area contributed by atoms with E-state index in [1.165, 1.54) is 19.3 Å². The Hall–Kier alpha value is -1.10. The zero-order valence-corrected chi connectivity index (χ0v) is 12.6. The topological polar surface area (TPSA) is 53.9 Å². The number of hydrogen-bond acceptors (Lipinski definition) is 5. The number of anilines is 2. The normalized spacial score (nSPS) is 16.8. The van der Waals surface area contributed by atoms with Crippen molar-refractivity contribution < 1.29 is 0 Å². The highest BCUT2D eigenvalue weighted by Crippen LogP contribution is 2.30. The molecule has 0 aliphatic heterocycles. The van der Waals surface area contributed by atoms with Crippen molar-refractivity contribution >= 4 is 23.5 Å². The van der Waals surface area contributed by atoms with E-state index in [2.05, 4.69) is 45.9 Å². The van der Waals surface area contributed by atoms with Crippen LogP contribution in [0.5, 0.6) is 0 Å². The molecular formula is C13H22ClN5. The molecule has 0 aromatic carbocycles. The van der Waals surface area contributed by atoms with Crippen molar-refractivity contribution in [1.82, 2.24) is 15.0 Å². The molecule has 1 atom stereocenters. The first-order valence-electron chi connectivity index (χ1n) is 7.07. The highest BCUT2D eigenvalue weighted by Gasteiger charge is 2.24. The number of nitrogens with zero attached hydrogens (tertiary/aromatic N) is 4. The van der Waals surface area contributed by atoms with E-state index in [0.29, 0.717) is 17.9 Å². The standard InChI is InChI=1S/C13H22ClN5/c1-4-19(5-2)13-17-11(14)16-12(18-13)15-9(3)10-7-6-8-10/h9-10H,4-8H2,1-3H3,(H,15,16,17,18). The predicted octanol–water partition coefficient (Wildman–Crippen LogP) is 2.97. The van der Waals surface area contributed by atoms with Gasteiger partial charge in [0.2, 0.25) is 17.2 Å². The van der Waals surface area contributed by atoms with Gasteiger partial charge in [0.05, 0.1) is 0 Å². The first-order chi connectivity index (χ1) is 9.13. The third-order valence-corrected chi connectivity index (χ3v) is 4.03. The number of aromatic nitrogens is 3. The molecule has 0 saturated heterocycles. The predicted molar refractivity (Wildman–Crippen MR) is 78.8 cm³/mol. The summed E-state index contributed by atoms with van der Waals surface area (Å²) in [6.07, 6.45) is 3.91. The minimum atomic E-state index is 0.250. The van der Waals surface area contributed by atoms with Crippen LogP contribution in [0.25, 0.3) is 0 Å². The molecule has 5 nitrogen and oxygen atoms in total. The molecule has 0 bridgehead atoms. The van der Waals surface area contributed by atoms with E-state index in [-0.39, 0.29) is 5.28 Å². The van der Waals surface area contributed by atoms with Crippen LogP contribution in [0.2, 0.25) is 5.28 Å². The van der Waals surface area contributed by atoms with Crippen molar-refractivity contribution in [2.45, 2.75) is 46.1 Å². The van der Waals surface area contributed by atoms with Crippen LogP contribution in [-0.4, -0.2) is 34.1 Å². The summed E-state index contributed by atoms with van der Waals surface area (Å²) in [7, 11) is 0. The summed E-state index contributed by atoms with van der Waals surface area (Å²) in [5.41, 5.74) is 0. The molecule has 0 radical (unpaired) electrons. The Kier molecular flexibility index (Phi) is 4.80. The van der Waals surface area contributed by atoms with Crippen molar-refractivity contribution in [3.8, 4) is 0 Å². The molecule has 1 aliphatic rings. The quantitative estimate of drug-likeness (QED) is 0.870. The lowest BCUT2D eigenvalue weighted by molar-refractivity contribution is 0.284. The molecule has 0 amide bonds. The molecule has 2 rings (SSSR count). The lowest BCUT2D eigenvalue weighted by atomic mass is 9.80. The van der Waals surface area contributed by atoms with Crippen molar-refractivity contribution in [3.63, 3.8) is 0 Å². The van der Waals surface area contributed by atoms with Crippen LogP contribution in [0.1, 0.15) is 40.0 Å². The van der Waals surface area contributed by atoms with Gasteiger partial charge >= 0.3 is 0 Å². The SMILES string of the molecule is CCN(CC)c1nc(Cl)nc(NC(C)C2CCC2)n1. The van der Waals surface area contributed by atoms with Crippen LogP contribution >= 0.6 is 11.6 Å². The van der Waals surface area contributed by atoms with Crippen LogP contribution in [0.4, 0.5) is 11.9 Å². The smallest absolute Gasteiger partial charge is 0.231 e. The zero-order chi connectivity index (χ0) is 13.8. The fourth-order valence-electron chi connectivity index (χ4n) is 2.31. The Bertz CT molecular complexity index is 417. The van der Waals surface area contributed by atoms with Crippen molar-refractivity contribution in [2.24, 2.45) is 5.92 Å². The molecule has 1 aliphatic carbocycles. The van der Waals surface area contributed by atoms with E-state index >= 15 is 0 Å². The Morgan fingerprint density at radius 2 is 1.95 bits per heavy atom. The maximum atomic E-state index is 5.99. The molecule has 1 fully saturated rings. The van der Waals surface area contributed by atoms with Gasteiger partial charge in [-0.05, 0) is 51.1 Å². The lowest BCUT2D eigenvalue weighted by Crippen LogP contribution is -2.32. The molecule has 1 unspecified atom stereocenters. The van der Waals surface area contributed by atoms with Gasteiger partial charge in [-0.15, -0.1) is 0 Å². The fraction of sp³-hybridized carbons (Fsp3) is 0.769. The lowest BCUT2D eigenvalue weighted by Gasteiger charge is -2.32. The Balaban J connectivity index is 2.11.